The van der Waals surface area contributed by atoms with Gasteiger partial charge in [-0.25, -0.2) is 0 Å². The predicted molar refractivity (Wildman–Crippen MR) is 85.4 cm³/mol. The second-order valence-corrected chi connectivity index (χ2v) is 6.18. The van der Waals surface area contributed by atoms with Crippen LogP contribution in [-0.4, -0.2) is 44.2 Å². The van der Waals surface area contributed by atoms with Gasteiger partial charge in [-0.05, 0) is 50.5 Å². The first-order valence-electron chi connectivity index (χ1n) is 8.15. The molecule has 3 heteroatoms. The van der Waals surface area contributed by atoms with Crippen molar-refractivity contribution in [3.8, 4) is 0 Å². The summed E-state index contributed by atoms with van der Waals surface area (Å²) in [6, 6.07) is 8.90. The van der Waals surface area contributed by atoms with Crippen molar-refractivity contribution in [2.45, 2.75) is 31.6 Å². The van der Waals surface area contributed by atoms with Crippen molar-refractivity contribution in [3.63, 3.8) is 0 Å². The highest BCUT2D eigenvalue weighted by Gasteiger charge is 2.27. The van der Waals surface area contributed by atoms with Crippen LogP contribution >= 0.6 is 0 Å². The minimum absolute atomic E-state index is 0.637. The first-order chi connectivity index (χ1) is 9.88. The standard InChI is InChI=1S/C17H27N3/c18-9-8-15-14-20(17-7-3-2-6-16(15)17)13-12-19-10-4-1-5-11-19/h2-3,6-7,15H,1,4-5,8-14,18H2. The predicted octanol–water partition coefficient (Wildman–Crippen LogP) is 2.42. The molecule has 1 aromatic rings. The highest BCUT2D eigenvalue weighted by atomic mass is 15.2. The summed E-state index contributed by atoms with van der Waals surface area (Å²) in [5.74, 6) is 0.637. The molecule has 2 aliphatic heterocycles. The maximum atomic E-state index is 5.78. The molecule has 20 heavy (non-hydrogen) atoms. The Balaban J connectivity index is 1.62. The summed E-state index contributed by atoms with van der Waals surface area (Å²) < 4.78 is 0. The number of para-hydroxylation sites is 1. The van der Waals surface area contributed by atoms with Gasteiger partial charge >= 0.3 is 0 Å². The average Bonchev–Trinajstić information content (AvgIpc) is 2.85. The number of hydrogen-bond donors (Lipinski definition) is 1. The molecule has 2 N–H and O–H groups in total. The lowest BCUT2D eigenvalue weighted by molar-refractivity contribution is 0.233. The van der Waals surface area contributed by atoms with Crippen molar-refractivity contribution >= 4 is 5.69 Å². The van der Waals surface area contributed by atoms with Crippen LogP contribution < -0.4 is 10.6 Å². The molecule has 0 aliphatic carbocycles. The molecule has 1 unspecified atom stereocenters. The van der Waals surface area contributed by atoms with Gasteiger partial charge in [0.1, 0.15) is 0 Å². The van der Waals surface area contributed by atoms with E-state index in [-0.39, 0.29) is 0 Å². The Kier molecular flexibility index (Phi) is 4.58. The highest BCUT2D eigenvalue weighted by Crippen LogP contribution is 2.37. The molecule has 1 fully saturated rings. The lowest BCUT2D eigenvalue weighted by Gasteiger charge is -2.29. The quantitative estimate of drug-likeness (QED) is 0.894. The number of fused-ring (bicyclic) bond motifs is 1. The molecule has 0 radical (unpaired) electrons. The lowest BCUT2D eigenvalue weighted by atomic mass is 9.98. The Morgan fingerprint density at radius 2 is 1.85 bits per heavy atom. The molecule has 3 nitrogen and oxygen atoms in total. The van der Waals surface area contributed by atoms with Gasteiger partial charge in [-0.1, -0.05) is 24.6 Å². The van der Waals surface area contributed by atoms with Crippen LogP contribution in [0.1, 0.15) is 37.2 Å². The van der Waals surface area contributed by atoms with E-state index in [0.29, 0.717) is 5.92 Å². The van der Waals surface area contributed by atoms with E-state index in [4.69, 9.17) is 5.73 Å². The molecule has 1 saturated heterocycles. The lowest BCUT2D eigenvalue weighted by Crippen LogP contribution is -2.37. The van der Waals surface area contributed by atoms with E-state index in [1.807, 2.05) is 0 Å². The average molecular weight is 273 g/mol. The second-order valence-electron chi connectivity index (χ2n) is 6.18. The Morgan fingerprint density at radius 1 is 1.05 bits per heavy atom. The van der Waals surface area contributed by atoms with Gasteiger partial charge < -0.3 is 15.5 Å². The minimum Gasteiger partial charge on any atom is -0.369 e. The Bertz CT molecular complexity index is 426. The fourth-order valence-corrected chi connectivity index (χ4v) is 3.69. The van der Waals surface area contributed by atoms with Crippen molar-refractivity contribution in [3.05, 3.63) is 29.8 Å². The van der Waals surface area contributed by atoms with Crippen LogP contribution in [0.5, 0.6) is 0 Å². The molecule has 0 bridgehead atoms. The summed E-state index contributed by atoms with van der Waals surface area (Å²) in [6.45, 7) is 6.91. The van der Waals surface area contributed by atoms with E-state index < -0.39 is 0 Å². The first kappa shape index (κ1) is 13.9. The molecule has 0 aromatic heterocycles. The summed E-state index contributed by atoms with van der Waals surface area (Å²) in [5.41, 5.74) is 8.73. The molecule has 0 amide bonds. The molecule has 1 aromatic carbocycles. The largest absolute Gasteiger partial charge is 0.369 e. The second kappa shape index (κ2) is 6.59. The van der Waals surface area contributed by atoms with E-state index in [2.05, 4.69) is 34.1 Å². The van der Waals surface area contributed by atoms with Crippen LogP contribution in [0.2, 0.25) is 0 Å². The van der Waals surface area contributed by atoms with Crippen LogP contribution in [0.3, 0.4) is 0 Å². The van der Waals surface area contributed by atoms with Crippen LogP contribution in [0.25, 0.3) is 0 Å². The van der Waals surface area contributed by atoms with Gasteiger partial charge in [0.25, 0.3) is 0 Å². The van der Waals surface area contributed by atoms with Gasteiger partial charge in [0.05, 0.1) is 0 Å². The van der Waals surface area contributed by atoms with Gasteiger partial charge in [0.15, 0.2) is 0 Å². The van der Waals surface area contributed by atoms with Crippen molar-refractivity contribution in [2.75, 3.05) is 44.2 Å². The maximum absolute atomic E-state index is 5.78. The highest BCUT2D eigenvalue weighted by molar-refractivity contribution is 5.60. The number of rotatable bonds is 5. The van der Waals surface area contributed by atoms with Gasteiger partial charge in [-0.3, -0.25) is 0 Å². The fourth-order valence-electron chi connectivity index (χ4n) is 3.69. The molecule has 2 heterocycles. The molecular formula is C17H27N3. The summed E-state index contributed by atoms with van der Waals surface area (Å²) in [7, 11) is 0. The smallest absolute Gasteiger partial charge is 0.0402 e. The van der Waals surface area contributed by atoms with Gasteiger partial charge in [-0.15, -0.1) is 0 Å². The van der Waals surface area contributed by atoms with E-state index in [1.54, 1.807) is 0 Å². The maximum Gasteiger partial charge on any atom is 0.0402 e. The third-order valence-electron chi connectivity index (χ3n) is 4.81. The monoisotopic (exact) mass is 273 g/mol. The molecule has 0 saturated carbocycles. The number of nitrogens with zero attached hydrogens (tertiary/aromatic N) is 2. The third-order valence-corrected chi connectivity index (χ3v) is 4.81. The fraction of sp³-hybridized carbons (Fsp3) is 0.647. The van der Waals surface area contributed by atoms with E-state index in [0.717, 1.165) is 26.1 Å². The van der Waals surface area contributed by atoms with E-state index in [9.17, 15) is 0 Å². The number of nitrogens with two attached hydrogens (primary N) is 1. The Labute approximate surface area is 122 Å². The van der Waals surface area contributed by atoms with E-state index >= 15 is 0 Å². The molecule has 1 atom stereocenters. The molecule has 110 valence electrons. The number of hydrogen-bond acceptors (Lipinski definition) is 3. The van der Waals surface area contributed by atoms with Crippen LogP contribution in [-0.2, 0) is 0 Å². The van der Waals surface area contributed by atoms with Gasteiger partial charge in [0, 0.05) is 31.2 Å². The number of likely N-dealkylation sites (tertiary alicyclic amines) is 1. The topological polar surface area (TPSA) is 32.5 Å². The first-order valence-corrected chi connectivity index (χ1v) is 8.15. The zero-order chi connectivity index (χ0) is 13.8. The van der Waals surface area contributed by atoms with Gasteiger partial charge in [0.2, 0.25) is 0 Å². The van der Waals surface area contributed by atoms with Crippen molar-refractivity contribution < 1.29 is 0 Å². The van der Waals surface area contributed by atoms with Crippen molar-refractivity contribution in [1.29, 1.82) is 0 Å². The molecule has 0 spiro atoms. The number of anilines is 1. The Morgan fingerprint density at radius 3 is 2.65 bits per heavy atom. The third kappa shape index (κ3) is 2.99. The molecule has 3 rings (SSSR count). The zero-order valence-electron chi connectivity index (χ0n) is 12.4. The molecule has 2 aliphatic rings. The minimum atomic E-state index is 0.637. The SMILES string of the molecule is NCCC1CN(CCN2CCCCC2)c2ccccc21. The summed E-state index contributed by atoms with van der Waals surface area (Å²) in [5, 5.41) is 0. The molecular weight excluding hydrogens is 246 g/mol. The normalized spacial score (nSPS) is 23.1. The van der Waals surface area contributed by atoms with Crippen LogP contribution in [0.15, 0.2) is 24.3 Å². The van der Waals surface area contributed by atoms with Crippen LogP contribution in [0.4, 0.5) is 5.69 Å². The van der Waals surface area contributed by atoms with E-state index in [1.165, 1.54) is 50.1 Å². The van der Waals surface area contributed by atoms with Crippen molar-refractivity contribution in [1.82, 2.24) is 4.90 Å². The Hall–Kier alpha value is -1.06. The van der Waals surface area contributed by atoms with Crippen molar-refractivity contribution in [2.24, 2.45) is 5.73 Å². The number of benzene rings is 1. The summed E-state index contributed by atoms with van der Waals surface area (Å²) >= 11 is 0. The van der Waals surface area contributed by atoms with Gasteiger partial charge in [-0.2, -0.15) is 0 Å². The van der Waals surface area contributed by atoms with Crippen LogP contribution in [0, 0.1) is 0 Å². The number of piperidine rings is 1. The summed E-state index contributed by atoms with van der Waals surface area (Å²) in [6.07, 6.45) is 5.29. The zero-order valence-corrected chi connectivity index (χ0v) is 12.4. The summed E-state index contributed by atoms with van der Waals surface area (Å²) in [4.78, 5) is 5.20.